The standard InChI is InChI=1S/C35H37ClFNO6/c1-33-12-11-22(40)14-20(33)6-9-23-24-15-28-35(27(42)17-39,34(24,2)16-26(41)30(23)33)44-32(43-28)29-25(36)10-5-19(31(29)37)13-18-3-7-21(38)8-4-18/h3-5,7-8,10-12,14,23-24,26,28,30,32,39,41H,6,9,13,15-17,38H2,1-2H3/t23-,24-,26-,28+,30+,32-,33-,34-,35+/m0/s1. The normalized spacial score (nSPS) is 38.9. The van der Waals surface area contributed by atoms with E-state index in [2.05, 4.69) is 6.92 Å². The lowest BCUT2D eigenvalue weighted by molar-refractivity contribution is -0.201. The molecule has 4 aliphatic carbocycles. The Labute approximate surface area is 260 Å². The van der Waals surface area contributed by atoms with Crippen molar-refractivity contribution in [2.24, 2.45) is 28.6 Å². The molecule has 2 aromatic carbocycles. The summed E-state index contributed by atoms with van der Waals surface area (Å²) in [5.74, 6) is -1.36. The Bertz CT molecular complexity index is 1610. The van der Waals surface area contributed by atoms with Gasteiger partial charge in [-0.3, -0.25) is 9.59 Å². The number of fused-ring (bicyclic) bond motifs is 7. The number of ketones is 2. The number of aliphatic hydroxyl groups is 2. The zero-order valence-corrected chi connectivity index (χ0v) is 25.5. The van der Waals surface area contributed by atoms with E-state index in [1.165, 1.54) is 0 Å². The number of aliphatic hydroxyl groups excluding tert-OH is 2. The van der Waals surface area contributed by atoms with Crippen molar-refractivity contribution in [3.63, 3.8) is 0 Å². The first-order valence-corrected chi connectivity index (χ1v) is 15.7. The smallest absolute Gasteiger partial charge is 0.193 e. The number of Topliss-reactive ketones (excluding diaryl/α,β-unsaturated/α-hetero) is 1. The van der Waals surface area contributed by atoms with Crippen molar-refractivity contribution in [2.75, 3.05) is 12.3 Å². The fourth-order valence-corrected chi connectivity index (χ4v) is 9.87. The molecule has 0 spiro atoms. The number of benzene rings is 2. The summed E-state index contributed by atoms with van der Waals surface area (Å²) in [7, 11) is 0. The van der Waals surface area contributed by atoms with Gasteiger partial charge in [0.15, 0.2) is 23.5 Å². The van der Waals surface area contributed by atoms with E-state index in [4.69, 9.17) is 26.8 Å². The van der Waals surface area contributed by atoms with Crippen molar-refractivity contribution in [3.8, 4) is 0 Å². The molecule has 0 unspecified atom stereocenters. The quantitative estimate of drug-likeness (QED) is 0.390. The van der Waals surface area contributed by atoms with Crippen molar-refractivity contribution in [3.05, 3.63) is 87.7 Å². The summed E-state index contributed by atoms with van der Waals surface area (Å²) < 4.78 is 29.2. The van der Waals surface area contributed by atoms with Crippen LogP contribution < -0.4 is 5.73 Å². The van der Waals surface area contributed by atoms with Crippen LogP contribution in [-0.4, -0.2) is 46.2 Å². The number of carbonyl (C=O) groups is 2. The van der Waals surface area contributed by atoms with Crippen LogP contribution in [0.15, 0.2) is 60.2 Å². The third kappa shape index (κ3) is 4.07. The van der Waals surface area contributed by atoms with E-state index >= 15 is 4.39 Å². The second-order valence-electron chi connectivity index (χ2n) is 13.7. The summed E-state index contributed by atoms with van der Waals surface area (Å²) in [6, 6.07) is 10.4. The maximum Gasteiger partial charge on any atom is 0.193 e. The number of anilines is 1. The van der Waals surface area contributed by atoms with Crippen molar-refractivity contribution in [2.45, 2.75) is 70.1 Å². The van der Waals surface area contributed by atoms with Crippen LogP contribution in [0.4, 0.5) is 10.1 Å². The van der Waals surface area contributed by atoms with Gasteiger partial charge in [-0.15, -0.1) is 0 Å². The molecule has 1 saturated heterocycles. The van der Waals surface area contributed by atoms with Crippen molar-refractivity contribution < 1.29 is 33.7 Å². The second kappa shape index (κ2) is 10.3. The van der Waals surface area contributed by atoms with Crippen LogP contribution in [0.2, 0.25) is 5.02 Å². The average Bonchev–Trinajstić information content (AvgIpc) is 3.48. The highest BCUT2D eigenvalue weighted by molar-refractivity contribution is 6.31. The number of rotatable bonds is 5. The SMILES string of the molecule is C[C@]12C=CC(=O)C=C1CC[C@@H]1[C@@H]2[C@@H](O)C[C@@]2(C)[C@H]1C[C@H]1O[C@H](c3c(Cl)ccc(Cc4ccc(N)cc4)c3F)O[C@]12C(=O)CO. The molecule has 44 heavy (non-hydrogen) atoms. The van der Waals surface area contributed by atoms with Crippen LogP contribution in [0.3, 0.4) is 0 Å². The lowest BCUT2D eigenvalue weighted by Crippen LogP contribution is -2.63. The molecule has 232 valence electrons. The van der Waals surface area contributed by atoms with E-state index in [-0.39, 0.29) is 47.0 Å². The molecule has 1 heterocycles. The molecule has 0 radical (unpaired) electrons. The fraction of sp³-hybridized carbons (Fsp3) is 0.486. The summed E-state index contributed by atoms with van der Waals surface area (Å²) in [4.78, 5) is 26.0. The lowest BCUT2D eigenvalue weighted by atomic mass is 9.46. The minimum absolute atomic E-state index is 0.0190. The number of hydrogen-bond acceptors (Lipinski definition) is 7. The first-order valence-electron chi connectivity index (χ1n) is 15.3. The van der Waals surface area contributed by atoms with Crippen LogP contribution in [0.1, 0.15) is 62.5 Å². The van der Waals surface area contributed by atoms with Gasteiger partial charge >= 0.3 is 0 Å². The molecule has 7 rings (SSSR count). The molecule has 4 fully saturated rings. The molecule has 0 bridgehead atoms. The van der Waals surface area contributed by atoms with Gasteiger partial charge in [-0.05, 0) is 79.0 Å². The lowest BCUT2D eigenvalue weighted by Gasteiger charge is -2.59. The minimum atomic E-state index is -1.60. The molecule has 2 aromatic rings. The summed E-state index contributed by atoms with van der Waals surface area (Å²) in [5, 5.41) is 22.2. The predicted octanol–water partition coefficient (Wildman–Crippen LogP) is 5.25. The molecular weight excluding hydrogens is 585 g/mol. The van der Waals surface area contributed by atoms with Gasteiger partial charge in [-0.25, -0.2) is 4.39 Å². The molecular formula is C35H37ClFNO6. The third-order valence-electron chi connectivity index (χ3n) is 11.6. The minimum Gasteiger partial charge on any atom is -0.399 e. The number of ether oxygens (including phenoxy) is 2. The van der Waals surface area contributed by atoms with Gasteiger partial charge in [0.1, 0.15) is 12.4 Å². The average molecular weight is 622 g/mol. The number of hydrogen-bond donors (Lipinski definition) is 3. The Balaban J connectivity index is 1.24. The molecule has 5 aliphatic rings. The molecule has 3 saturated carbocycles. The Kier molecular flexibility index (Phi) is 6.99. The van der Waals surface area contributed by atoms with Crippen LogP contribution >= 0.6 is 11.6 Å². The van der Waals surface area contributed by atoms with Crippen molar-refractivity contribution in [1.82, 2.24) is 0 Å². The molecule has 7 nitrogen and oxygen atoms in total. The highest BCUT2D eigenvalue weighted by atomic mass is 35.5. The fourth-order valence-electron chi connectivity index (χ4n) is 9.64. The Morgan fingerprint density at radius 1 is 1.18 bits per heavy atom. The van der Waals surface area contributed by atoms with Gasteiger partial charge < -0.3 is 25.4 Å². The summed E-state index contributed by atoms with van der Waals surface area (Å²) in [6.07, 6.45) is 4.81. The van der Waals surface area contributed by atoms with Gasteiger partial charge in [-0.2, -0.15) is 0 Å². The summed E-state index contributed by atoms with van der Waals surface area (Å²) in [6.45, 7) is 3.25. The highest BCUT2D eigenvalue weighted by Gasteiger charge is 2.76. The van der Waals surface area contributed by atoms with E-state index in [9.17, 15) is 19.8 Å². The highest BCUT2D eigenvalue weighted by Crippen LogP contribution is 2.70. The number of allylic oxidation sites excluding steroid dienone is 4. The number of nitrogens with two attached hydrogens (primary N) is 1. The maximum atomic E-state index is 16.2. The van der Waals surface area contributed by atoms with E-state index in [0.29, 0.717) is 24.1 Å². The van der Waals surface area contributed by atoms with Crippen molar-refractivity contribution >= 4 is 28.9 Å². The van der Waals surface area contributed by atoms with Gasteiger partial charge in [0.05, 0.1) is 22.8 Å². The Morgan fingerprint density at radius 3 is 2.66 bits per heavy atom. The molecule has 0 aromatic heterocycles. The van der Waals surface area contributed by atoms with Gasteiger partial charge in [-0.1, -0.05) is 55.3 Å². The summed E-state index contributed by atoms with van der Waals surface area (Å²) >= 11 is 6.57. The van der Waals surface area contributed by atoms with Crippen LogP contribution in [0, 0.1) is 34.4 Å². The zero-order valence-electron chi connectivity index (χ0n) is 24.8. The molecule has 0 amide bonds. The Hall–Kier alpha value is -2.88. The van der Waals surface area contributed by atoms with Gasteiger partial charge in [0.2, 0.25) is 0 Å². The van der Waals surface area contributed by atoms with Crippen LogP contribution in [-0.2, 0) is 25.5 Å². The molecule has 9 atom stereocenters. The summed E-state index contributed by atoms with van der Waals surface area (Å²) in [5.41, 5.74) is 5.75. The molecule has 1 aliphatic heterocycles. The number of nitrogen functional groups attached to an aromatic ring is 1. The third-order valence-corrected chi connectivity index (χ3v) is 11.9. The van der Waals surface area contributed by atoms with Crippen molar-refractivity contribution in [1.29, 1.82) is 0 Å². The van der Waals surface area contributed by atoms with Gasteiger partial charge in [0, 0.05) is 28.9 Å². The number of carbonyl (C=O) groups excluding carboxylic acids is 2. The molecule has 4 N–H and O–H groups in total. The second-order valence-corrected chi connectivity index (χ2v) is 14.1. The Morgan fingerprint density at radius 2 is 1.93 bits per heavy atom. The van der Waals surface area contributed by atoms with E-state index < -0.39 is 53.1 Å². The van der Waals surface area contributed by atoms with E-state index in [0.717, 1.165) is 17.6 Å². The van der Waals surface area contributed by atoms with E-state index in [1.807, 2.05) is 25.1 Å². The number of halogens is 2. The molecule has 9 heteroatoms. The first kappa shape index (κ1) is 29.8. The largest absolute Gasteiger partial charge is 0.399 e. The maximum absolute atomic E-state index is 16.2. The van der Waals surface area contributed by atoms with Crippen LogP contribution in [0.5, 0.6) is 0 Å². The monoisotopic (exact) mass is 621 g/mol. The zero-order chi connectivity index (χ0) is 31.2. The topological polar surface area (TPSA) is 119 Å². The van der Waals surface area contributed by atoms with Gasteiger partial charge in [0.25, 0.3) is 0 Å². The first-order chi connectivity index (χ1) is 20.9. The van der Waals surface area contributed by atoms with Crippen LogP contribution in [0.25, 0.3) is 0 Å². The predicted molar refractivity (Wildman–Crippen MR) is 162 cm³/mol. The van der Waals surface area contributed by atoms with E-state index in [1.54, 1.807) is 36.4 Å².